The Morgan fingerprint density at radius 2 is 2.17 bits per heavy atom. The van der Waals surface area contributed by atoms with Crippen LogP contribution in [0.5, 0.6) is 0 Å². The van der Waals surface area contributed by atoms with Crippen LogP contribution in [0.1, 0.15) is 0 Å². The molecule has 0 saturated carbocycles. The fourth-order valence-corrected chi connectivity index (χ4v) is 2.55. The third-order valence-corrected chi connectivity index (χ3v) is 3.46. The zero-order valence-corrected chi connectivity index (χ0v) is 8.06. The van der Waals surface area contributed by atoms with Crippen molar-refractivity contribution in [2.24, 2.45) is 0 Å². The van der Waals surface area contributed by atoms with Crippen molar-refractivity contribution in [1.82, 2.24) is 5.32 Å². The number of nitrogens with one attached hydrogen (secondary N) is 1. The Labute approximate surface area is 77.0 Å². The molecule has 1 heterocycles. The first kappa shape index (κ1) is 7.95. The van der Waals surface area contributed by atoms with Gasteiger partial charge < -0.3 is 4.90 Å². The van der Waals surface area contributed by atoms with Crippen molar-refractivity contribution in [3.05, 3.63) is 24.3 Å². The quantitative estimate of drug-likeness (QED) is 0.708. The molecule has 0 radical (unpaired) electrons. The monoisotopic (exact) mass is 180 g/mol. The predicted molar refractivity (Wildman–Crippen MR) is 53.5 cm³/mol. The van der Waals surface area contributed by atoms with Crippen molar-refractivity contribution < 1.29 is 0 Å². The Morgan fingerprint density at radius 3 is 2.83 bits per heavy atom. The maximum absolute atomic E-state index is 3.25. The molecule has 1 aliphatic heterocycles. The second-order valence-electron chi connectivity index (χ2n) is 2.84. The van der Waals surface area contributed by atoms with Crippen LogP contribution in [0.15, 0.2) is 29.2 Å². The highest BCUT2D eigenvalue weighted by atomic mass is 32.2. The number of thioether (sulfide) groups is 1. The summed E-state index contributed by atoms with van der Waals surface area (Å²) in [5, 5.41) is 3.25. The molecule has 0 aromatic heterocycles. The van der Waals surface area contributed by atoms with E-state index in [1.165, 1.54) is 10.6 Å². The molecule has 0 fully saturated rings. The van der Waals surface area contributed by atoms with E-state index in [1.54, 1.807) is 0 Å². The van der Waals surface area contributed by atoms with Crippen LogP contribution >= 0.6 is 11.8 Å². The van der Waals surface area contributed by atoms with Crippen molar-refractivity contribution in [3.63, 3.8) is 0 Å². The van der Waals surface area contributed by atoms with Gasteiger partial charge in [-0.2, -0.15) is 0 Å². The zero-order chi connectivity index (χ0) is 8.55. The molecule has 1 aromatic carbocycles. The van der Waals surface area contributed by atoms with E-state index >= 15 is 0 Å². The van der Waals surface area contributed by atoms with Gasteiger partial charge in [-0.05, 0) is 19.2 Å². The lowest BCUT2D eigenvalue weighted by Gasteiger charge is -2.20. The summed E-state index contributed by atoms with van der Waals surface area (Å²) < 4.78 is 0. The van der Waals surface area contributed by atoms with Crippen LogP contribution in [-0.4, -0.2) is 19.6 Å². The molecule has 0 aliphatic carbocycles. The molecule has 2 nitrogen and oxygen atoms in total. The molecule has 0 bridgehead atoms. The number of anilines is 1. The van der Waals surface area contributed by atoms with Gasteiger partial charge in [-0.1, -0.05) is 23.9 Å². The van der Waals surface area contributed by atoms with E-state index in [4.69, 9.17) is 0 Å². The third kappa shape index (κ3) is 1.09. The van der Waals surface area contributed by atoms with Crippen LogP contribution in [0.25, 0.3) is 0 Å². The Hall–Kier alpha value is -0.670. The molecule has 1 aliphatic rings. The Kier molecular flexibility index (Phi) is 1.98. The van der Waals surface area contributed by atoms with Gasteiger partial charge >= 0.3 is 0 Å². The molecule has 0 saturated heterocycles. The summed E-state index contributed by atoms with van der Waals surface area (Å²) in [4.78, 5) is 3.61. The van der Waals surface area contributed by atoms with E-state index < -0.39 is 0 Å². The largest absolute Gasteiger partial charge is 0.349 e. The second kappa shape index (κ2) is 2.99. The van der Waals surface area contributed by atoms with E-state index in [0.29, 0.717) is 5.50 Å². The van der Waals surface area contributed by atoms with E-state index in [-0.39, 0.29) is 0 Å². The highest BCUT2D eigenvalue weighted by Gasteiger charge is 2.24. The van der Waals surface area contributed by atoms with Crippen LogP contribution in [0.2, 0.25) is 0 Å². The normalized spacial score (nSPS) is 21.2. The number of rotatable bonds is 1. The molecule has 1 aromatic rings. The fraction of sp³-hybridized carbons (Fsp3) is 0.333. The van der Waals surface area contributed by atoms with Gasteiger partial charge in [-0.25, -0.2) is 0 Å². The number of nitrogens with zero attached hydrogens (tertiary/aromatic N) is 1. The van der Waals surface area contributed by atoms with Crippen LogP contribution in [0.4, 0.5) is 5.69 Å². The van der Waals surface area contributed by atoms with E-state index in [1.807, 2.05) is 18.8 Å². The molecular formula is C9H12N2S. The minimum atomic E-state index is 0.391. The van der Waals surface area contributed by atoms with E-state index in [2.05, 4.69) is 41.5 Å². The Balaban J connectivity index is 2.35. The molecule has 2 rings (SSSR count). The van der Waals surface area contributed by atoms with Crippen molar-refractivity contribution in [3.8, 4) is 0 Å². The summed E-state index contributed by atoms with van der Waals surface area (Å²) in [6, 6.07) is 8.47. The SMILES string of the molecule is CNC1Sc2ccccc2N1C. The van der Waals surface area contributed by atoms with E-state index in [9.17, 15) is 0 Å². The van der Waals surface area contributed by atoms with Crippen molar-refractivity contribution in [2.45, 2.75) is 10.4 Å². The second-order valence-corrected chi connectivity index (χ2v) is 3.96. The average molecular weight is 180 g/mol. The lowest BCUT2D eigenvalue weighted by molar-refractivity contribution is 0.733. The van der Waals surface area contributed by atoms with Gasteiger partial charge in [0.05, 0.1) is 5.69 Å². The first-order valence-electron chi connectivity index (χ1n) is 3.98. The molecule has 1 N–H and O–H groups in total. The summed E-state index contributed by atoms with van der Waals surface area (Å²) in [5.74, 6) is 0. The number of para-hydroxylation sites is 1. The molecule has 0 spiro atoms. The van der Waals surface area contributed by atoms with Crippen molar-refractivity contribution in [1.29, 1.82) is 0 Å². The predicted octanol–water partition coefficient (Wildman–Crippen LogP) is 1.73. The standard InChI is InChI=1S/C9H12N2S/c1-10-9-11(2)7-5-3-4-6-8(7)12-9/h3-6,9-10H,1-2H3. The lowest BCUT2D eigenvalue weighted by atomic mass is 10.3. The fourth-order valence-electron chi connectivity index (χ4n) is 1.43. The van der Waals surface area contributed by atoms with Crippen LogP contribution < -0.4 is 10.2 Å². The number of fused-ring (bicyclic) bond motifs is 1. The van der Waals surface area contributed by atoms with Crippen LogP contribution in [0, 0.1) is 0 Å². The Morgan fingerprint density at radius 1 is 1.42 bits per heavy atom. The smallest absolute Gasteiger partial charge is 0.132 e. The minimum Gasteiger partial charge on any atom is -0.349 e. The molecular weight excluding hydrogens is 168 g/mol. The van der Waals surface area contributed by atoms with Gasteiger partial charge in [0.25, 0.3) is 0 Å². The molecule has 1 atom stereocenters. The highest BCUT2D eigenvalue weighted by molar-refractivity contribution is 8.00. The van der Waals surface area contributed by atoms with Crippen LogP contribution in [0.3, 0.4) is 0 Å². The van der Waals surface area contributed by atoms with Gasteiger partial charge in [0.2, 0.25) is 0 Å². The first-order valence-corrected chi connectivity index (χ1v) is 4.86. The van der Waals surface area contributed by atoms with Crippen LogP contribution in [-0.2, 0) is 0 Å². The van der Waals surface area contributed by atoms with Crippen molar-refractivity contribution in [2.75, 3.05) is 19.0 Å². The van der Waals surface area contributed by atoms with Crippen molar-refractivity contribution >= 4 is 17.4 Å². The lowest BCUT2D eigenvalue weighted by Crippen LogP contribution is -2.35. The number of hydrogen-bond acceptors (Lipinski definition) is 3. The van der Waals surface area contributed by atoms with Gasteiger partial charge in [-0.15, -0.1) is 0 Å². The number of hydrogen-bond donors (Lipinski definition) is 1. The topological polar surface area (TPSA) is 15.3 Å². The first-order chi connectivity index (χ1) is 5.83. The zero-order valence-electron chi connectivity index (χ0n) is 7.24. The molecule has 0 amide bonds. The van der Waals surface area contributed by atoms with Gasteiger partial charge in [0.1, 0.15) is 5.50 Å². The maximum atomic E-state index is 3.25. The summed E-state index contributed by atoms with van der Waals surface area (Å²) in [6.07, 6.45) is 0. The van der Waals surface area contributed by atoms with Gasteiger partial charge in [-0.3, -0.25) is 5.32 Å². The highest BCUT2D eigenvalue weighted by Crippen LogP contribution is 2.40. The maximum Gasteiger partial charge on any atom is 0.132 e. The average Bonchev–Trinajstić information content (AvgIpc) is 2.44. The molecule has 3 heteroatoms. The minimum absolute atomic E-state index is 0.391. The molecule has 64 valence electrons. The summed E-state index contributed by atoms with van der Waals surface area (Å²) in [5.41, 5.74) is 1.71. The number of benzene rings is 1. The summed E-state index contributed by atoms with van der Waals surface area (Å²) >= 11 is 1.86. The van der Waals surface area contributed by atoms with Gasteiger partial charge in [0.15, 0.2) is 0 Å². The summed E-state index contributed by atoms with van der Waals surface area (Å²) in [6.45, 7) is 0. The summed E-state index contributed by atoms with van der Waals surface area (Å²) in [7, 11) is 4.10. The van der Waals surface area contributed by atoms with Gasteiger partial charge in [0, 0.05) is 11.9 Å². The third-order valence-electron chi connectivity index (χ3n) is 2.08. The Bertz CT molecular complexity index is 288. The van der Waals surface area contributed by atoms with E-state index in [0.717, 1.165) is 0 Å². The molecule has 12 heavy (non-hydrogen) atoms. The molecule has 1 unspecified atom stereocenters.